The van der Waals surface area contributed by atoms with Gasteiger partial charge >= 0.3 is 18.4 Å². The number of carbonyl (C=O) groups excluding carboxylic acids is 1. The van der Waals surface area contributed by atoms with Crippen molar-refractivity contribution in [2.75, 3.05) is 6.61 Å². The average Bonchev–Trinajstić information content (AvgIpc) is 3.15. The van der Waals surface area contributed by atoms with Crippen LogP contribution >= 0.6 is 0 Å². The van der Waals surface area contributed by atoms with Crippen molar-refractivity contribution >= 4 is 6.09 Å². The maximum absolute atomic E-state index is 13.3. The van der Waals surface area contributed by atoms with Crippen LogP contribution < -0.4 is 10.6 Å². The second kappa shape index (κ2) is 8.77. The minimum atomic E-state index is -4.94. The number of piperidine rings is 1. The summed E-state index contributed by atoms with van der Waals surface area (Å²) in [6.45, 7) is 1.34. The van der Waals surface area contributed by atoms with Crippen molar-refractivity contribution in [2.45, 2.75) is 56.0 Å². The lowest BCUT2D eigenvalue weighted by molar-refractivity contribution is -0.143. The lowest BCUT2D eigenvalue weighted by Crippen LogP contribution is -2.61. The summed E-state index contributed by atoms with van der Waals surface area (Å²) in [6.07, 6.45) is -11.5. The van der Waals surface area contributed by atoms with Gasteiger partial charge in [-0.25, -0.2) is 4.79 Å². The van der Waals surface area contributed by atoms with Crippen LogP contribution in [0.4, 0.5) is 31.1 Å². The molecule has 2 saturated heterocycles. The fraction of sp³-hybridized carbons (Fsp3) is 0.435. The fourth-order valence-electron chi connectivity index (χ4n) is 4.33. The molecule has 0 aliphatic carbocycles. The number of ether oxygens (including phenoxy) is 2. The van der Waals surface area contributed by atoms with Gasteiger partial charge in [0.25, 0.3) is 0 Å². The lowest BCUT2D eigenvalue weighted by Gasteiger charge is -2.43. The molecule has 1 amide bonds. The highest BCUT2D eigenvalue weighted by Crippen LogP contribution is 2.39. The van der Waals surface area contributed by atoms with Gasteiger partial charge in [-0.05, 0) is 49.1 Å². The van der Waals surface area contributed by atoms with E-state index in [-0.39, 0.29) is 24.3 Å². The molecule has 4 rings (SSSR count). The first kappa shape index (κ1) is 24.3. The first-order chi connectivity index (χ1) is 15.9. The van der Waals surface area contributed by atoms with E-state index in [4.69, 9.17) is 9.47 Å². The molecule has 11 heteroatoms. The first-order valence-corrected chi connectivity index (χ1v) is 10.6. The molecule has 2 fully saturated rings. The molecule has 0 bridgehead atoms. The predicted molar refractivity (Wildman–Crippen MR) is 108 cm³/mol. The monoisotopic (exact) mass is 488 g/mol. The number of halogens is 6. The molecule has 2 N–H and O–H groups in total. The van der Waals surface area contributed by atoms with E-state index in [0.29, 0.717) is 25.0 Å². The maximum Gasteiger partial charge on any atom is 0.416 e. The Morgan fingerprint density at radius 3 is 2.26 bits per heavy atom. The Balaban J connectivity index is 1.61. The van der Waals surface area contributed by atoms with Crippen LogP contribution in [0.2, 0.25) is 0 Å². The second-order valence-electron chi connectivity index (χ2n) is 8.49. The Morgan fingerprint density at radius 1 is 1.06 bits per heavy atom. The number of benzene rings is 2. The molecule has 2 aromatic carbocycles. The van der Waals surface area contributed by atoms with Gasteiger partial charge in [-0.1, -0.05) is 30.3 Å². The number of alkyl halides is 6. The third kappa shape index (κ3) is 5.00. The van der Waals surface area contributed by atoms with E-state index in [9.17, 15) is 31.1 Å². The highest BCUT2D eigenvalue weighted by molar-refractivity contribution is 5.70. The van der Waals surface area contributed by atoms with E-state index < -0.39 is 47.4 Å². The second-order valence-corrected chi connectivity index (χ2v) is 8.49. The highest BCUT2D eigenvalue weighted by atomic mass is 19.4. The van der Waals surface area contributed by atoms with E-state index in [1.54, 1.807) is 12.1 Å². The fourth-order valence-corrected chi connectivity index (χ4v) is 4.33. The Hall–Kier alpha value is -2.79. The molecule has 2 heterocycles. The molecule has 0 spiro atoms. The third-order valence-corrected chi connectivity index (χ3v) is 6.18. The van der Waals surface area contributed by atoms with Crippen molar-refractivity contribution in [3.8, 4) is 0 Å². The van der Waals surface area contributed by atoms with E-state index in [1.165, 1.54) is 6.92 Å². The molecule has 184 valence electrons. The van der Waals surface area contributed by atoms with Crippen LogP contribution in [0, 0.1) is 0 Å². The summed E-state index contributed by atoms with van der Waals surface area (Å²) in [6, 6.07) is 10.5. The Labute approximate surface area is 191 Å². The van der Waals surface area contributed by atoms with Crippen LogP contribution in [0.3, 0.4) is 0 Å². The molecular weight excluding hydrogens is 466 g/mol. The van der Waals surface area contributed by atoms with Crippen molar-refractivity contribution in [1.29, 1.82) is 0 Å². The number of hydrogen-bond acceptors (Lipinski definition) is 4. The minimum absolute atomic E-state index is 0.0606. The van der Waals surface area contributed by atoms with Crippen LogP contribution in [-0.4, -0.2) is 25.0 Å². The molecule has 2 aromatic rings. The van der Waals surface area contributed by atoms with Crippen molar-refractivity contribution in [1.82, 2.24) is 10.6 Å². The van der Waals surface area contributed by atoms with Gasteiger partial charge < -0.3 is 14.8 Å². The summed E-state index contributed by atoms with van der Waals surface area (Å²) in [5.74, 6) is 0. The number of carbonyl (C=O) groups is 1. The molecule has 0 aromatic heterocycles. The summed E-state index contributed by atoms with van der Waals surface area (Å²) in [5, 5.41) is 5.98. The lowest BCUT2D eigenvalue weighted by atomic mass is 9.81. The number of amides is 1. The quantitative estimate of drug-likeness (QED) is 0.545. The standard InChI is InChI=1S/C23H22F6N2O3/c1-13(14-9-16(22(24,25)26)11-17(10-14)23(27,28)29)33-12-21(15-5-3-2-4-6-15)8-7-18-19(31-21)30-20(32)34-18/h2-6,9-11,13,18-19,31H,7-8,12H2,1H3,(H,30,32). The molecule has 0 saturated carbocycles. The molecule has 4 atom stereocenters. The van der Waals surface area contributed by atoms with Crippen LogP contribution in [0.15, 0.2) is 48.5 Å². The minimum Gasteiger partial charge on any atom is -0.443 e. The van der Waals surface area contributed by atoms with Gasteiger partial charge in [0.2, 0.25) is 0 Å². The Kier molecular flexibility index (Phi) is 6.28. The van der Waals surface area contributed by atoms with Gasteiger partial charge in [-0.3, -0.25) is 5.32 Å². The summed E-state index contributed by atoms with van der Waals surface area (Å²) in [4.78, 5) is 11.6. The molecule has 2 aliphatic rings. The molecule has 0 radical (unpaired) electrons. The Bertz CT molecular complexity index is 1010. The van der Waals surface area contributed by atoms with Gasteiger partial charge in [-0.2, -0.15) is 26.3 Å². The topological polar surface area (TPSA) is 59.6 Å². The summed E-state index contributed by atoms with van der Waals surface area (Å²) in [7, 11) is 0. The summed E-state index contributed by atoms with van der Waals surface area (Å²) >= 11 is 0. The smallest absolute Gasteiger partial charge is 0.416 e. The van der Waals surface area contributed by atoms with Crippen molar-refractivity contribution in [2.24, 2.45) is 0 Å². The number of rotatable bonds is 5. The van der Waals surface area contributed by atoms with Gasteiger partial charge in [0, 0.05) is 0 Å². The van der Waals surface area contributed by atoms with E-state index in [0.717, 1.165) is 5.56 Å². The third-order valence-electron chi connectivity index (χ3n) is 6.18. The molecule has 2 aliphatic heterocycles. The first-order valence-electron chi connectivity index (χ1n) is 10.6. The number of fused-ring (bicyclic) bond motifs is 1. The van der Waals surface area contributed by atoms with Gasteiger partial charge in [0.05, 0.1) is 29.4 Å². The summed E-state index contributed by atoms with van der Waals surface area (Å²) in [5.41, 5.74) is -3.06. The zero-order valence-electron chi connectivity index (χ0n) is 18.0. The van der Waals surface area contributed by atoms with Crippen LogP contribution in [0.25, 0.3) is 0 Å². The molecular formula is C23H22F6N2O3. The number of nitrogens with one attached hydrogen (secondary N) is 2. The zero-order valence-corrected chi connectivity index (χ0v) is 18.0. The van der Waals surface area contributed by atoms with E-state index >= 15 is 0 Å². The van der Waals surface area contributed by atoms with Crippen molar-refractivity contribution in [3.63, 3.8) is 0 Å². The van der Waals surface area contributed by atoms with Crippen molar-refractivity contribution in [3.05, 3.63) is 70.8 Å². The predicted octanol–water partition coefficient (Wildman–Crippen LogP) is 5.52. The largest absolute Gasteiger partial charge is 0.443 e. The van der Waals surface area contributed by atoms with Crippen LogP contribution in [0.1, 0.15) is 48.1 Å². The average molecular weight is 488 g/mol. The summed E-state index contributed by atoms with van der Waals surface area (Å²) < 4.78 is 90.6. The molecule has 34 heavy (non-hydrogen) atoms. The number of hydrogen-bond donors (Lipinski definition) is 2. The van der Waals surface area contributed by atoms with Crippen LogP contribution in [0.5, 0.6) is 0 Å². The van der Waals surface area contributed by atoms with Crippen molar-refractivity contribution < 1.29 is 40.6 Å². The van der Waals surface area contributed by atoms with E-state index in [2.05, 4.69) is 10.6 Å². The SMILES string of the molecule is CC(OCC1(c2ccccc2)CCC2OC(=O)NC2N1)c1cc(C(F)(F)F)cc(C(F)(F)F)c1. The van der Waals surface area contributed by atoms with E-state index in [1.807, 2.05) is 18.2 Å². The molecule has 4 unspecified atom stereocenters. The normalized spacial score (nSPS) is 25.9. The Morgan fingerprint density at radius 2 is 1.68 bits per heavy atom. The van der Waals surface area contributed by atoms with Gasteiger partial charge in [-0.15, -0.1) is 0 Å². The number of alkyl carbamates (subject to hydrolysis) is 1. The maximum atomic E-state index is 13.3. The molecule has 5 nitrogen and oxygen atoms in total. The van der Waals surface area contributed by atoms with Gasteiger partial charge in [0.1, 0.15) is 12.3 Å². The zero-order chi connectivity index (χ0) is 24.7. The van der Waals surface area contributed by atoms with Gasteiger partial charge in [0.15, 0.2) is 0 Å². The highest BCUT2D eigenvalue weighted by Gasteiger charge is 2.47. The van der Waals surface area contributed by atoms with Crippen LogP contribution in [-0.2, 0) is 27.4 Å².